The van der Waals surface area contributed by atoms with E-state index >= 15 is 0 Å². The Bertz CT molecular complexity index is 278. The van der Waals surface area contributed by atoms with E-state index in [0.717, 1.165) is 44.4 Å². The van der Waals surface area contributed by atoms with Crippen LogP contribution in [0, 0.1) is 5.41 Å². The van der Waals surface area contributed by atoms with Crippen molar-refractivity contribution in [2.75, 3.05) is 45.4 Å². The molecule has 0 unspecified atom stereocenters. The Labute approximate surface area is 128 Å². The molecule has 4 nitrogen and oxygen atoms in total. The lowest BCUT2D eigenvalue weighted by molar-refractivity contribution is 0.141. The highest BCUT2D eigenvalue weighted by atomic mass is 32.2. The molecule has 0 aliphatic heterocycles. The number of nitrogens with one attached hydrogen (secondary N) is 2. The van der Waals surface area contributed by atoms with Gasteiger partial charge in [0.25, 0.3) is 0 Å². The van der Waals surface area contributed by atoms with Gasteiger partial charge in [0.2, 0.25) is 0 Å². The van der Waals surface area contributed by atoms with Gasteiger partial charge in [-0.3, -0.25) is 4.99 Å². The number of thioether (sulfide) groups is 1. The molecule has 0 heterocycles. The van der Waals surface area contributed by atoms with Crippen molar-refractivity contribution in [1.82, 2.24) is 10.6 Å². The van der Waals surface area contributed by atoms with Crippen LogP contribution in [0.3, 0.4) is 0 Å². The van der Waals surface area contributed by atoms with E-state index in [4.69, 9.17) is 9.73 Å². The molecule has 0 spiro atoms. The van der Waals surface area contributed by atoms with Gasteiger partial charge in [-0.1, -0.05) is 12.8 Å². The molecule has 0 radical (unpaired) electrons. The molecule has 2 N–H and O–H groups in total. The first-order chi connectivity index (χ1) is 9.76. The van der Waals surface area contributed by atoms with Crippen LogP contribution in [0.1, 0.15) is 39.0 Å². The molecule has 1 saturated carbocycles. The van der Waals surface area contributed by atoms with Crippen molar-refractivity contribution in [3.8, 4) is 0 Å². The Balaban J connectivity index is 2.52. The zero-order valence-electron chi connectivity index (χ0n) is 13.3. The maximum atomic E-state index is 5.28. The molecule has 0 saturated heterocycles. The lowest BCUT2D eigenvalue weighted by Gasteiger charge is -2.27. The average Bonchev–Trinajstić information content (AvgIpc) is 2.92. The minimum absolute atomic E-state index is 0.373. The molecular formula is C15H31N3OS. The summed E-state index contributed by atoms with van der Waals surface area (Å²) in [5.74, 6) is 2.07. The third-order valence-corrected chi connectivity index (χ3v) is 4.63. The zero-order valence-corrected chi connectivity index (χ0v) is 14.2. The highest BCUT2D eigenvalue weighted by Crippen LogP contribution is 2.41. The Kier molecular flexibility index (Phi) is 9.10. The third kappa shape index (κ3) is 6.35. The molecule has 1 aliphatic rings. The topological polar surface area (TPSA) is 45.7 Å². The molecule has 5 heteroatoms. The minimum Gasteiger partial charge on any atom is -0.385 e. The maximum Gasteiger partial charge on any atom is 0.191 e. The summed E-state index contributed by atoms with van der Waals surface area (Å²) in [5, 5.41) is 6.74. The average molecular weight is 301 g/mol. The van der Waals surface area contributed by atoms with Gasteiger partial charge in [-0.05, 0) is 37.9 Å². The first-order valence-corrected chi connectivity index (χ1v) is 9.16. The molecular weight excluding hydrogens is 270 g/mol. The molecule has 1 rings (SSSR count). The highest BCUT2D eigenvalue weighted by molar-refractivity contribution is 7.98. The lowest BCUT2D eigenvalue weighted by atomic mass is 9.83. The number of hydrogen-bond donors (Lipinski definition) is 2. The molecule has 1 fully saturated rings. The number of nitrogens with zero attached hydrogens (tertiary/aromatic N) is 1. The van der Waals surface area contributed by atoms with Crippen molar-refractivity contribution in [2.45, 2.75) is 39.0 Å². The van der Waals surface area contributed by atoms with Crippen LogP contribution in [0.15, 0.2) is 4.99 Å². The van der Waals surface area contributed by atoms with Gasteiger partial charge < -0.3 is 15.4 Å². The van der Waals surface area contributed by atoms with E-state index in [0.29, 0.717) is 5.41 Å². The number of aliphatic imine (C=N–C) groups is 1. The molecule has 0 aromatic heterocycles. The monoisotopic (exact) mass is 301 g/mol. The molecule has 0 amide bonds. The predicted octanol–water partition coefficient (Wildman–Crippen LogP) is 2.50. The van der Waals surface area contributed by atoms with E-state index in [9.17, 15) is 0 Å². The predicted molar refractivity (Wildman–Crippen MR) is 89.8 cm³/mol. The van der Waals surface area contributed by atoms with Gasteiger partial charge in [0, 0.05) is 39.1 Å². The van der Waals surface area contributed by atoms with Crippen molar-refractivity contribution in [1.29, 1.82) is 0 Å². The summed E-state index contributed by atoms with van der Waals surface area (Å²) < 4.78 is 5.28. The zero-order chi connectivity index (χ0) is 14.7. The standard InChI is InChI=1S/C15H31N3OS/c1-4-16-14(17-10-12-20-3)18-13-15(9-11-19-2)7-5-6-8-15/h4-13H2,1-3H3,(H2,16,17,18). The van der Waals surface area contributed by atoms with E-state index in [-0.39, 0.29) is 0 Å². The van der Waals surface area contributed by atoms with Crippen molar-refractivity contribution in [3.63, 3.8) is 0 Å². The number of methoxy groups -OCH3 is 1. The number of hydrogen-bond acceptors (Lipinski definition) is 3. The van der Waals surface area contributed by atoms with Crippen LogP contribution in [0.2, 0.25) is 0 Å². The fourth-order valence-electron chi connectivity index (χ4n) is 2.79. The lowest BCUT2D eigenvalue weighted by Crippen LogP contribution is -2.39. The molecule has 0 bridgehead atoms. The van der Waals surface area contributed by atoms with Crippen LogP contribution in [0.25, 0.3) is 0 Å². The molecule has 20 heavy (non-hydrogen) atoms. The van der Waals surface area contributed by atoms with E-state index in [1.54, 1.807) is 7.11 Å². The molecule has 0 atom stereocenters. The van der Waals surface area contributed by atoms with Gasteiger partial charge in [0.05, 0.1) is 0 Å². The normalized spacial score (nSPS) is 18.2. The second-order valence-electron chi connectivity index (χ2n) is 5.56. The number of rotatable bonds is 9. The van der Waals surface area contributed by atoms with Crippen LogP contribution >= 0.6 is 11.8 Å². The fourth-order valence-corrected chi connectivity index (χ4v) is 3.10. The Morgan fingerprint density at radius 1 is 1.30 bits per heavy atom. The summed E-state index contributed by atoms with van der Waals surface area (Å²) in [6.45, 7) is 5.77. The number of guanidine groups is 1. The second kappa shape index (κ2) is 10.3. The first-order valence-electron chi connectivity index (χ1n) is 7.76. The van der Waals surface area contributed by atoms with Gasteiger partial charge in [0.15, 0.2) is 5.96 Å². The fraction of sp³-hybridized carbons (Fsp3) is 0.933. The third-order valence-electron chi connectivity index (χ3n) is 4.02. The van der Waals surface area contributed by atoms with Crippen LogP contribution < -0.4 is 10.6 Å². The van der Waals surface area contributed by atoms with Gasteiger partial charge in [0.1, 0.15) is 0 Å². The van der Waals surface area contributed by atoms with E-state index in [1.165, 1.54) is 25.7 Å². The minimum atomic E-state index is 0.373. The summed E-state index contributed by atoms with van der Waals surface area (Å²) in [6, 6.07) is 0. The van der Waals surface area contributed by atoms with E-state index in [1.807, 2.05) is 11.8 Å². The molecule has 118 valence electrons. The van der Waals surface area contributed by atoms with E-state index in [2.05, 4.69) is 23.8 Å². The SMILES string of the molecule is CCNC(=NCC1(CCOC)CCCC1)NCCSC. The molecule has 1 aliphatic carbocycles. The van der Waals surface area contributed by atoms with Crippen LogP contribution in [0.5, 0.6) is 0 Å². The molecule has 0 aromatic carbocycles. The van der Waals surface area contributed by atoms with Crippen molar-refractivity contribution >= 4 is 17.7 Å². The van der Waals surface area contributed by atoms with Crippen LogP contribution in [-0.2, 0) is 4.74 Å². The van der Waals surface area contributed by atoms with Gasteiger partial charge >= 0.3 is 0 Å². The Morgan fingerprint density at radius 3 is 2.65 bits per heavy atom. The van der Waals surface area contributed by atoms with Crippen LogP contribution in [0.4, 0.5) is 0 Å². The molecule has 0 aromatic rings. The van der Waals surface area contributed by atoms with Crippen molar-refractivity contribution in [3.05, 3.63) is 0 Å². The van der Waals surface area contributed by atoms with Crippen molar-refractivity contribution < 1.29 is 4.74 Å². The highest BCUT2D eigenvalue weighted by Gasteiger charge is 2.33. The summed E-state index contributed by atoms with van der Waals surface area (Å²) in [5.41, 5.74) is 0.373. The van der Waals surface area contributed by atoms with Crippen molar-refractivity contribution in [2.24, 2.45) is 10.4 Å². The largest absolute Gasteiger partial charge is 0.385 e. The van der Waals surface area contributed by atoms with E-state index < -0.39 is 0 Å². The Hall–Kier alpha value is -0.420. The van der Waals surface area contributed by atoms with Gasteiger partial charge in [-0.15, -0.1) is 0 Å². The first kappa shape index (κ1) is 17.6. The van der Waals surface area contributed by atoms with Gasteiger partial charge in [-0.25, -0.2) is 0 Å². The van der Waals surface area contributed by atoms with Gasteiger partial charge in [-0.2, -0.15) is 11.8 Å². The second-order valence-corrected chi connectivity index (χ2v) is 6.55. The van der Waals surface area contributed by atoms with Crippen LogP contribution in [-0.4, -0.2) is 51.3 Å². The Morgan fingerprint density at radius 2 is 2.05 bits per heavy atom. The number of ether oxygens (including phenoxy) is 1. The summed E-state index contributed by atoms with van der Waals surface area (Å²) >= 11 is 1.85. The maximum absolute atomic E-state index is 5.28. The quantitative estimate of drug-likeness (QED) is 0.390. The summed E-state index contributed by atoms with van der Waals surface area (Å²) in [4.78, 5) is 4.82. The summed E-state index contributed by atoms with van der Waals surface area (Å²) in [7, 11) is 1.79. The smallest absolute Gasteiger partial charge is 0.191 e. The summed E-state index contributed by atoms with van der Waals surface area (Å²) in [6.07, 6.45) is 8.54.